The van der Waals surface area contributed by atoms with Crippen molar-refractivity contribution in [1.82, 2.24) is 4.90 Å². The number of hydrogen-bond donors (Lipinski definition) is 0. The first-order chi connectivity index (χ1) is 14.1. The molecule has 2 amide bonds. The van der Waals surface area contributed by atoms with E-state index in [0.29, 0.717) is 16.7 Å². The van der Waals surface area contributed by atoms with Crippen molar-refractivity contribution in [3.63, 3.8) is 0 Å². The smallest absolute Gasteiger partial charge is 0.261 e. The van der Waals surface area contributed by atoms with Crippen LogP contribution in [0, 0.1) is 6.92 Å². The number of fused-ring (bicyclic) bond motifs is 1. The summed E-state index contributed by atoms with van der Waals surface area (Å²) in [6, 6.07) is 22.6. The molecule has 1 heterocycles. The minimum Gasteiger partial charge on any atom is -0.497 e. The van der Waals surface area contributed by atoms with E-state index in [-0.39, 0.29) is 18.4 Å². The van der Waals surface area contributed by atoms with Crippen LogP contribution >= 0.6 is 0 Å². The Morgan fingerprint density at radius 1 is 0.828 bits per heavy atom. The average Bonchev–Trinajstić information content (AvgIpc) is 2.76. The summed E-state index contributed by atoms with van der Waals surface area (Å²) in [5.41, 5.74) is 4.68. The third-order valence-corrected chi connectivity index (χ3v) is 5.06. The first-order valence-corrected chi connectivity index (χ1v) is 9.44. The molecule has 29 heavy (non-hydrogen) atoms. The van der Waals surface area contributed by atoms with E-state index < -0.39 is 0 Å². The van der Waals surface area contributed by atoms with Crippen molar-refractivity contribution in [2.24, 2.45) is 0 Å². The molecule has 0 saturated heterocycles. The molecule has 3 aromatic rings. The highest BCUT2D eigenvalue weighted by Crippen LogP contribution is 2.31. The lowest BCUT2D eigenvalue weighted by molar-refractivity contribution is -0.123. The Kier molecular flexibility index (Phi) is 5.00. The summed E-state index contributed by atoms with van der Waals surface area (Å²) < 4.78 is 5.18. The average molecular weight is 383 g/mol. The van der Waals surface area contributed by atoms with Gasteiger partial charge in [-0.15, -0.1) is 0 Å². The van der Waals surface area contributed by atoms with Crippen molar-refractivity contribution in [3.8, 4) is 5.75 Å². The number of rotatable bonds is 4. The number of ether oxygens (including phenoxy) is 1. The standard InChI is InChI=1S/C25H21NO3/c1-17-7-9-18(10-8-17)15-23-21-5-3-4-6-22(21)24(27)26(25(23)28)16-19-11-13-20(29-2)14-12-19/h3-15H,16H2,1-2H3/b23-15-. The summed E-state index contributed by atoms with van der Waals surface area (Å²) >= 11 is 0. The van der Waals surface area contributed by atoms with Crippen LogP contribution in [0.4, 0.5) is 0 Å². The molecule has 4 rings (SSSR count). The minimum atomic E-state index is -0.287. The molecule has 0 fully saturated rings. The van der Waals surface area contributed by atoms with E-state index in [1.54, 1.807) is 13.2 Å². The highest BCUT2D eigenvalue weighted by Gasteiger charge is 2.34. The van der Waals surface area contributed by atoms with Gasteiger partial charge in [0.05, 0.1) is 13.7 Å². The molecule has 0 aromatic heterocycles. The zero-order valence-electron chi connectivity index (χ0n) is 16.4. The summed E-state index contributed by atoms with van der Waals surface area (Å²) in [6.45, 7) is 2.23. The van der Waals surface area contributed by atoms with Crippen LogP contribution in [-0.4, -0.2) is 23.8 Å². The van der Waals surface area contributed by atoms with E-state index in [0.717, 1.165) is 22.4 Å². The van der Waals surface area contributed by atoms with Crippen LogP contribution in [0.1, 0.15) is 32.6 Å². The van der Waals surface area contributed by atoms with Crippen LogP contribution in [0.2, 0.25) is 0 Å². The molecule has 4 heteroatoms. The number of benzene rings is 3. The molecule has 1 aliphatic rings. The van der Waals surface area contributed by atoms with Crippen LogP contribution in [0.5, 0.6) is 5.75 Å². The van der Waals surface area contributed by atoms with Gasteiger partial charge < -0.3 is 4.74 Å². The Morgan fingerprint density at radius 2 is 1.48 bits per heavy atom. The van der Waals surface area contributed by atoms with Crippen molar-refractivity contribution < 1.29 is 14.3 Å². The van der Waals surface area contributed by atoms with Gasteiger partial charge in [-0.05, 0) is 47.9 Å². The lowest BCUT2D eigenvalue weighted by Crippen LogP contribution is -2.41. The van der Waals surface area contributed by atoms with Gasteiger partial charge in [0.25, 0.3) is 11.8 Å². The molecule has 0 aliphatic carbocycles. The fraction of sp³-hybridized carbons (Fsp3) is 0.120. The van der Waals surface area contributed by atoms with Gasteiger partial charge >= 0.3 is 0 Å². The number of imide groups is 1. The summed E-state index contributed by atoms with van der Waals surface area (Å²) in [4.78, 5) is 27.7. The van der Waals surface area contributed by atoms with Crippen molar-refractivity contribution in [2.45, 2.75) is 13.5 Å². The summed E-state index contributed by atoms with van der Waals surface area (Å²) in [5.74, 6) is 0.169. The molecule has 0 unspecified atom stereocenters. The number of carbonyl (C=O) groups excluding carboxylic acids is 2. The van der Waals surface area contributed by atoms with E-state index in [1.165, 1.54) is 4.90 Å². The van der Waals surface area contributed by atoms with Crippen LogP contribution in [0.3, 0.4) is 0 Å². The Bertz CT molecular complexity index is 1100. The third kappa shape index (κ3) is 3.69. The van der Waals surface area contributed by atoms with Crippen LogP contribution in [0.15, 0.2) is 72.8 Å². The van der Waals surface area contributed by atoms with Gasteiger partial charge in [0.1, 0.15) is 5.75 Å². The Morgan fingerprint density at radius 3 is 2.14 bits per heavy atom. The maximum absolute atomic E-state index is 13.3. The highest BCUT2D eigenvalue weighted by molar-refractivity contribution is 6.33. The molecule has 0 radical (unpaired) electrons. The predicted molar refractivity (Wildman–Crippen MR) is 113 cm³/mol. The van der Waals surface area contributed by atoms with Crippen molar-refractivity contribution in [3.05, 3.63) is 101 Å². The van der Waals surface area contributed by atoms with E-state index in [1.807, 2.05) is 79.7 Å². The molecule has 0 N–H and O–H groups in total. The minimum absolute atomic E-state index is 0.210. The third-order valence-electron chi connectivity index (χ3n) is 5.06. The van der Waals surface area contributed by atoms with Gasteiger partial charge in [-0.2, -0.15) is 0 Å². The van der Waals surface area contributed by atoms with Gasteiger partial charge in [-0.25, -0.2) is 0 Å². The number of carbonyl (C=O) groups is 2. The molecular weight excluding hydrogens is 362 g/mol. The van der Waals surface area contributed by atoms with Crippen LogP contribution in [0.25, 0.3) is 11.6 Å². The second-order valence-corrected chi connectivity index (χ2v) is 7.06. The monoisotopic (exact) mass is 383 g/mol. The first kappa shape index (κ1) is 18.7. The maximum Gasteiger partial charge on any atom is 0.261 e. The van der Waals surface area contributed by atoms with Gasteiger partial charge in [0, 0.05) is 11.1 Å². The summed E-state index contributed by atoms with van der Waals surface area (Å²) in [7, 11) is 1.60. The van der Waals surface area contributed by atoms with E-state index in [9.17, 15) is 9.59 Å². The molecule has 4 nitrogen and oxygen atoms in total. The number of methoxy groups -OCH3 is 1. The maximum atomic E-state index is 13.3. The molecule has 0 spiro atoms. The van der Waals surface area contributed by atoms with E-state index in [4.69, 9.17) is 4.74 Å². The predicted octanol–water partition coefficient (Wildman–Crippen LogP) is 4.73. The topological polar surface area (TPSA) is 46.6 Å². The normalized spacial score (nSPS) is 14.8. The molecule has 0 bridgehead atoms. The number of hydrogen-bond acceptors (Lipinski definition) is 3. The molecular formula is C25H21NO3. The Labute approximate surface area is 170 Å². The summed E-state index contributed by atoms with van der Waals surface area (Å²) in [6.07, 6.45) is 1.86. The fourth-order valence-corrected chi connectivity index (χ4v) is 3.43. The molecule has 144 valence electrons. The Hall–Kier alpha value is -3.66. The quantitative estimate of drug-likeness (QED) is 0.483. The lowest BCUT2D eigenvalue weighted by Gasteiger charge is -2.28. The SMILES string of the molecule is COc1ccc(CN2C(=O)/C(=C\c3ccc(C)cc3)c3ccccc3C2=O)cc1. The molecule has 0 atom stereocenters. The van der Waals surface area contributed by atoms with Gasteiger partial charge in [0.2, 0.25) is 0 Å². The molecule has 1 aliphatic heterocycles. The van der Waals surface area contributed by atoms with Gasteiger partial charge in [0.15, 0.2) is 0 Å². The van der Waals surface area contributed by atoms with Gasteiger partial charge in [-0.3, -0.25) is 14.5 Å². The van der Waals surface area contributed by atoms with Crippen LogP contribution in [-0.2, 0) is 11.3 Å². The zero-order valence-corrected chi connectivity index (χ0v) is 16.4. The molecule has 0 saturated carbocycles. The second-order valence-electron chi connectivity index (χ2n) is 7.06. The van der Waals surface area contributed by atoms with Crippen molar-refractivity contribution in [2.75, 3.05) is 7.11 Å². The van der Waals surface area contributed by atoms with Crippen molar-refractivity contribution >= 4 is 23.5 Å². The lowest BCUT2D eigenvalue weighted by atomic mass is 9.91. The second kappa shape index (κ2) is 7.76. The van der Waals surface area contributed by atoms with E-state index >= 15 is 0 Å². The fourth-order valence-electron chi connectivity index (χ4n) is 3.43. The summed E-state index contributed by atoms with van der Waals surface area (Å²) in [5, 5.41) is 0. The Balaban J connectivity index is 1.75. The first-order valence-electron chi connectivity index (χ1n) is 9.44. The zero-order chi connectivity index (χ0) is 20.4. The van der Waals surface area contributed by atoms with Gasteiger partial charge in [-0.1, -0.05) is 60.2 Å². The van der Waals surface area contributed by atoms with Crippen LogP contribution < -0.4 is 4.74 Å². The van der Waals surface area contributed by atoms with Crippen molar-refractivity contribution in [1.29, 1.82) is 0 Å². The number of aryl methyl sites for hydroxylation is 1. The highest BCUT2D eigenvalue weighted by atomic mass is 16.5. The number of amides is 2. The van der Waals surface area contributed by atoms with E-state index in [2.05, 4.69) is 0 Å². The molecule has 3 aromatic carbocycles. The largest absolute Gasteiger partial charge is 0.497 e. The number of nitrogens with zero attached hydrogens (tertiary/aromatic N) is 1.